The first kappa shape index (κ1) is 82.7. The normalized spacial score (nSPS) is 53.4. The Morgan fingerprint density at radius 1 is 0.239 bits per heavy atom. The van der Waals surface area contributed by atoms with Gasteiger partial charge in [-0.25, -0.2) is 0 Å². The van der Waals surface area contributed by atoms with Crippen molar-refractivity contribution < 1.29 is 0 Å². The maximum atomic E-state index is 2.75. The van der Waals surface area contributed by atoms with Gasteiger partial charge in [-0.3, -0.25) is 0 Å². The minimum atomic E-state index is 0.677. The van der Waals surface area contributed by atoms with Gasteiger partial charge in [0.1, 0.15) is 0 Å². The third kappa shape index (κ3) is 14.8. The van der Waals surface area contributed by atoms with E-state index in [-0.39, 0.29) is 0 Å². The molecule has 0 aromatic carbocycles. The molecule has 109 heavy (non-hydrogen) atoms. The molecule has 0 N–H and O–H groups in total. The van der Waals surface area contributed by atoms with Gasteiger partial charge >= 0.3 is 0 Å². The van der Waals surface area contributed by atoms with Crippen LogP contribution < -0.4 is 0 Å². The smallest absolute Gasteiger partial charge is 0.0264 e. The van der Waals surface area contributed by atoms with Gasteiger partial charge in [0.25, 0.3) is 0 Å². The van der Waals surface area contributed by atoms with Gasteiger partial charge < -0.3 is 0 Å². The van der Waals surface area contributed by atoms with Gasteiger partial charge in [0.05, 0.1) is 0 Å². The van der Waals surface area contributed by atoms with Gasteiger partial charge in [-0.15, -0.1) is 0 Å². The van der Waals surface area contributed by atoms with Crippen LogP contribution in [0.2, 0.25) is 0 Å². The molecule has 0 radical (unpaired) electrons. The highest BCUT2D eigenvalue weighted by Gasteiger charge is 2.65. The lowest BCUT2D eigenvalue weighted by atomic mass is 9.44. The summed E-state index contributed by atoms with van der Waals surface area (Å²) < 4.78 is 0. The zero-order chi connectivity index (χ0) is 76.1. The van der Waals surface area contributed by atoms with Crippen LogP contribution in [0.5, 0.6) is 0 Å². The van der Waals surface area contributed by atoms with Gasteiger partial charge in [-0.1, -0.05) is 226 Å². The molecule has 20 fully saturated rings. The molecule has 0 heterocycles. The molecule has 0 bridgehead atoms. The predicted molar refractivity (Wildman–Crippen MR) is 469 cm³/mol. The highest BCUT2D eigenvalue weighted by Crippen LogP contribution is 2.74. The second-order valence-corrected chi connectivity index (χ2v) is 50.3. The fourth-order valence-electron chi connectivity index (χ4n) is 40.4. The van der Waals surface area contributed by atoms with Crippen molar-refractivity contribution in [2.24, 2.45) is 209 Å². The summed E-state index contributed by atoms with van der Waals surface area (Å²) in [5.74, 6) is 29.0. The lowest BCUT2D eigenvalue weighted by Crippen LogP contribution is -2.53. The van der Waals surface area contributed by atoms with Crippen LogP contribution >= 0.6 is 0 Å². The van der Waals surface area contributed by atoms with E-state index in [1.807, 2.05) is 0 Å². The van der Waals surface area contributed by atoms with Gasteiger partial charge in [0.15, 0.2) is 0 Å². The van der Waals surface area contributed by atoms with E-state index in [0.29, 0.717) is 21.7 Å². The third-order valence-electron chi connectivity index (χ3n) is 46.2. The fraction of sp³-hybridized carbons (Fsp3) is 1.00. The van der Waals surface area contributed by atoms with Crippen LogP contribution in [0.15, 0.2) is 0 Å². The molecule has 0 heteroatoms. The third-order valence-corrected chi connectivity index (χ3v) is 46.2. The van der Waals surface area contributed by atoms with Crippen LogP contribution in [-0.2, 0) is 0 Å². The molecular formula is C109H188. The van der Waals surface area contributed by atoms with Crippen molar-refractivity contribution in [2.75, 3.05) is 0 Å². The Morgan fingerprint density at radius 2 is 0.615 bits per heavy atom. The largest absolute Gasteiger partial charge is 0.0654 e. The molecule has 0 saturated heterocycles. The van der Waals surface area contributed by atoms with Gasteiger partial charge in [0.2, 0.25) is 0 Å². The monoisotopic (exact) mass is 1500 g/mol. The summed E-state index contributed by atoms with van der Waals surface area (Å²) in [5, 5.41) is 0. The molecule has 5 unspecified atom stereocenters. The standard InChI is InChI=1S/C27H48.C24H42.C21H36.C19H32.C18H30/c1-19(2)9-8-10-20(3)23-14-15-24-22-13-12-21-11-6-7-17-26(21,4)25(22)16-18-27(23,24)5;1-5-8-17(2)20-12-13-21-19-11-10-18-9-6-7-15-23(18,3)22(19)14-16-24(20,21)4;1-4-15-9-11-18-17-10-8-16-7-5-6-13-20(16,2)19(17)12-14-21(15,18)3;1-18-11-5-7-16(18)15-9-8-14-6-3-4-12-19(14,2)17(15)10-13-18;1-18-11-4-7-17(18)16-9-8-13-5-2-3-6-14(13)15(16)10-12-18/h19-25H,6-18H2,1-5H3;17-22H,5-16H2,1-4H3;15-19H,4-14H2,1-3H3;14-17H,3-13H2,1-2H3;13-17H,2-12H2,1H3/t20-,21-,22?,23-,24+,25+,26+,27-;17-,18-,19?,20-,21+,22+,23+,24-;15-,16+,17?,18-,19-,20-,21+;14-,15?,16+,17+,18+,19+;13-,14+,15-,16?,17+,18+/m11011/s1. The molecular weight excluding hydrogens is 1310 g/mol. The Morgan fingerprint density at radius 3 is 1.07 bits per heavy atom. The highest BCUT2D eigenvalue weighted by molar-refractivity contribution is 5.14. The van der Waals surface area contributed by atoms with Crippen molar-refractivity contribution in [3.8, 4) is 0 Å². The average molecular weight is 1500 g/mol. The summed E-state index contributed by atoms with van der Waals surface area (Å²) in [6.07, 6.45) is 89.7. The Balaban J connectivity index is 0.000000104. The quantitative estimate of drug-likeness (QED) is 0.216. The van der Waals surface area contributed by atoms with Crippen LogP contribution in [0.4, 0.5) is 0 Å². The minimum absolute atomic E-state index is 0.677. The lowest BCUT2D eigenvalue weighted by Gasteiger charge is -2.61. The fourth-order valence-corrected chi connectivity index (χ4v) is 40.4. The van der Waals surface area contributed by atoms with E-state index in [9.17, 15) is 0 Å². The summed E-state index contributed by atoms with van der Waals surface area (Å²) in [7, 11) is 0. The van der Waals surface area contributed by atoms with Crippen LogP contribution in [0.3, 0.4) is 0 Å². The SMILES string of the molecule is CC(C)CCC[C@@H](C)[C@H]1CC[C@H]2C3CC[C@H]4CCCC[C@]4(C)[C@H]3CC[C@]12C.CCC[C@@H](C)[C@H]1CC[C@H]2C3CC[C@H]4CCCC[C@]4(C)[C@H]3CC[C@]12C.CC[C@H]1CC[C@H]2C3CC[C@H]4CCCC[C@]4(C)[C@H]3CC[C@]12C.C[C@@]12CCC[C@H]1C1CC[C@H]3CCCC[C@@H]3[C@H]1CC2.C[C@@]12CCC[C@H]1C1CC[C@H]3CCCC[C@]3(C)[C@H]1CC2. The van der Waals surface area contributed by atoms with Crippen LogP contribution in [0.25, 0.3) is 0 Å². The molecule has 35 atom stereocenters. The van der Waals surface area contributed by atoms with E-state index in [1.54, 1.807) is 276 Å². The molecule has 0 amide bonds. The Labute approximate surface area is 680 Å². The number of hydrogen-bond acceptors (Lipinski definition) is 0. The summed E-state index contributed by atoms with van der Waals surface area (Å²) >= 11 is 0. The Hall–Kier alpha value is 0. The molecule has 624 valence electrons. The van der Waals surface area contributed by atoms with E-state index in [0.717, 1.165) is 187 Å². The van der Waals surface area contributed by atoms with Crippen molar-refractivity contribution in [1.82, 2.24) is 0 Å². The molecule has 20 saturated carbocycles. The van der Waals surface area contributed by atoms with Crippen LogP contribution in [-0.4, -0.2) is 0 Å². The topological polar surface area (TPSA) is 0 Å². The second-order valence-electron chi connectivity index (χ2n) is 50.3. The van der Waals surface area contributed by atoms with Crippen LogP contribution in [0.1, 0.15) is 476 Å². The van der Waals surface area contributed by atoms with Gasteiger partial charge in [-0.2, -0.15) is 0 Å². The Kier molecular flexibility index (Phi) is 25.2. The zero-order valence-electron chi connectivity index (χ0n) is 76.1. The van der Waals surface area contributed by atoms with E-state index in [4.69, 9.17) is 0 Å². The number of rotatable bonds is 9. The van der Waals surface area contributed by atoms with Crippen molar-refractivity contribution in [1.29, 1.82) is 0 Å². The molecule has 0 aliphatic heterocycles. The maximum absolute atomic E-state index is 2.75. The van der Waals surface area contributed by atoms with Crippen molar-refractivity contribution in [3.05, 3.63) is 0 Å². The summed E-state index contributed by atoms with van der Waals surface area (Å²) in [6.45, 7) is 39.1. The predicted octanol–water partition coefficient (Wildman–Crippen LogP) is 33.6. The van der Waals surface area contributed by atoms with E-state index in [1.165, 1.54) is 96.3 Å². The number of fused-ring (bicyclic) bond motifs is 25. The van der Waals surface area contributed by atoms with E-state index < -0.39 is 0 Å². The first-order valence-electron chi connectivity index (χ1n) is 52.4. The Bertz CT molecular complexity index is 2930. The van der Waals surface area contributed by atoms with Gasteiger partial charge in [-0.05, 0) is 459 Å². The van der Waals surface area contributed by atoms with Crippen molar-refractivity contribution in [2.45, 2.75) is 476 Å². The summed E-state index contributed by atoms with van der Waals surface area (Å²) in [5.41, 5.74) is 6.50. The highest BCUT2D eigenvalue weighted by atomic mass is 14.7. The van der Waals surface area contributed by atoms with Crippen molar-refractivity contribution in [3.63, 3.8) is 0 Å². The summed E-state index contributed by atoms with van der Waals surface area (Å²) in [6, 6.07) is 0. The second kappa shape index (κ2) is 33.2. The molecule has 20 rings (SSSR count). The minimum Gasteiger partial charge on any atom is -0.0654 e. The van der Waals surface area contributed by atoms with Crippen molar-refractivity contribution >= 4 is 0 Å². The molecule has 0 nitrogen and oxygen atoms in total. The number of hydrogen-bond donors (Lipinski definition) is 0. The van der Waals surface area contributed by atoms with E-state index >= 15 is 0 Å². The molecule has 20 aliphatic carbocycles. The molecule has 0 spiro atoms. The van der Waals surface area contributed by atoms with E-state index in [2.05, 4.69) is 104 Å². The average Bonchev–Trinajstić information content (AvgIpc) is 1.70. The van der Waals surface area contributed by atoms with Crippen LogP contribution in [0, 0.1) is 209 Å². The maximum Gasteiger partial charge on any atom is -0.0264 e. The molecule has 20 aliphatic rings. The summed E-state index contributed by atoms with van der Waals surface area (Å²) in [4.78, 5) is 0. The van der Waals surface area contributed by atoms with Gasteiger partial charge in [0, 0.05) is 0 Å². The molecule has 0 aromatic rings. The molecule has 0 aromatic heterocycles. The first-order chi connectivity index (χ1) is 52.4. The zero-order valence-corrected chi connectivity index (χ0v) is 76.1. The first-order valence-corrected chi connectivity index (χ1v) is 52.4. The lowest BCUT2D eigenvalue weighted by molar-refractivity contribution is -0.114.